The van der Waals surface area contributed by atoms with Gasteiger partial charge in [-0.2, -0.15) is 0 Å². The van der Waals surface area contributed by atoms with E-state index in [1.165, 1.54) is 22.3 Å². The summed E-state index contributed by atoms with van der Waals surface area (Å²) in [5.41, 5.74) is 5.94. The minimum Gasteiger partial charge on any atom is -0.481 e. The highest BCUT2D eigenvalue weighted by molar-refractivity contribution is 5.76. The van der Waals surface area contributed by atoms with Crippen molar-refractivity contribution in [3.8, 4) is 11.1 Å². The van der Waals surface area contributed by atoms with E-state index in [1.807, 2.05) is 0 Å². The van der Waals surface area contributed by atoms with Crippen LogP contribution in [0.1, 0.15) is 37.8 Å². The predicted molar refractivity (Wildman–Crippen MR) is 116 cm³/mol. The van der Waals surface area contributed by atoms with Crippen LogP contribution in [0.5, 0.6) is 0 Å². The summed E-state index contributed by atoms with van der Waals surface area (Å²) >= 11 is 0. The van der Waals surface area contributed by atoms with E-state index in [4.69, 9.17) is 9.84 Å². The highest BCUT2D eigenvalue weighted by Crippen LogP contribution is 2.31. The third-order valence-electron chi connectivity index (χ3n) is 4.71. The van der Waals surface area contributed by atoms with Crippen LogP contribution in [0.25, 0.3) is 11.1 Å². The number of hydrogen-bond acceptors (Lipinski definition) is 3. The lowest BCUT2D eigenvalue weighted by Crippen LogP contribution is -2.50. The molecule has 0 spiro atoms. The zero-order valence-electron chi connectivity index (χ0n) is 17.6. The molecule has 0 saturated carbocycles. The number of carboxylic acids is 1. The Bertz CT molecular complexity index is 762. The monoisotopic (exact) mass is 383 g/mol. The minimum absolute atomic E-state index is 0.229. The summed E-state index contributed by atoms with van der Waals surface area (Å²) in [4.78, 5) is 13.1. The van der Waals surface area contributed by atoms with Gasteiger partial charge in [-0.15, -0.1) is 0 Å². The van der Waals surface area contributed by atoms with Crippen molar-refractivity contribution in [2.24, 2.45) is 5.92 Å². The van der Waals surface area contributed by atoms with Gasteiger partial charge in [-0.05, 0) is 55.5 Å². The zero-order valence-corrected chi connectivity index (χ0v) is 17.6. The molecule has 3 rings (SSSR count). The van der Waals surface area contributed by atoms with Crippen molar-refractivity contribution >= 4 is 11.7 Å². The van der Waals surface area contributed by atoms with Crippen LogP contribution in [-0.2, 0) is 9.53 Å². The summed E-state index contributed by atoms with van der Waals surface area (Å²) in [6.45, 7) is 11.5. The number of benzene rings is 2. The number of carbonyl (C=O) groups is 1. The molecule has 28 heavy (non-hydrogen) atoms. The number of carboxylic acid groups (broad SMARTS) is 1. The zero-order chi connectivity index (χ0) is 20.5. The second-order valence-corrected chi connectivity index (χ2v) is 7.48. The quantitative estimate of drug-likeness (QED) is 0.658. The van der Waals surface area contributed by atoms with Crippen LogP contribution >= 0.6 is 0 Å². The number of rotatable bonds is 7. The van der Waals surface area contributed by atoms with Crippen molar-refractivity contribution in [2.45, 2.75) is 40.5 Å². The first kappa shape index (κ1) is 22.0. The molecule has 1 fully saturated rings. The first-order chi connectivity index (χ1) is 13.4. The van der Waals surface area contributed by atoms with Gasteiger partial charge in [0, 0.05) is 32.0 Å². The smallest absolute Gasteiger partial charge is 0.310 e. The standard InChI is InChI=1S/C18H19NO2.C6H14O/c1-12-4-3-5-14(6-12)15-7-13(2)8-17(9-15)19-10-16(11-19)18(20)21;1-3-5-7-6-4-2/h3-9,16H,10-11H2,1-2H3,(H,20,21);3-6H2,1-2H3. The van der Waals surface area contributed by atoms with Gasteiger partial charge in [0.05, 0.1) is 5.92 Å². The average molecular weight is 384 g/mol. The molecule has 1 aliphatic heterocycles. The summed E-state index contributed by atoms with van der Waals surface area (Å²) in [6, 6.07) is 14.9. The Morgan fingerprint density at radius 3 is 2.21 bits per heavy atom. The highest BCUT2D eigenvalue weighted by Gasteiger charge is 2.32. The molecule has 2 aromatic carbocycles. The van der Waals surface area contributed by atoms with Crippen LogP contribution in [0.3, 0.4) is 0 Å². The molecule has 1 aliphatic rings. The van der Waals surface area contributed by atoms with Gasteiger partial charge in [-0.1, -0.05) is 49.7 Å². The molecular formula is C24H33NO3. The summed E-state index contributed by atoms with van der Waals surface area (Å²) in [6.07, 6.45) is 2.28. The molecule has 1 saturated heterocycles. The van der Waals surface area contributed by atoms with Crippen LogP contribution in [0.2, 0.25) is 0 Å². The van der Waals surface area contributed by atoms with E-state index in [0.717, 1.165) is 31.7 Å². The largest absolute Gasteiger partial charge is 0.481 e. The molecule has 0 unspecified atom stereocenters. The molecule has 0 bridgehead atoms. The Kier molecular flexibility index (Phi) is 8.52. The van der Waals surface area contributed by atoms with Gasteiger partial charge in [-0.3, -0.25) is 4.79 Å². The fraction of sp³-hybridized carbons (Fsp3) is 0.458. The van der Waals surface area contributed by atoms with Gasteiger partial charge < -0.3 is 14.7 Å². The normalized spacial score (nSPS) is 13.5. The van der Waals surface area contributed by atoms with E-state index in [0.29, 0.717) is 13.1 Å². The molecule has 2 aromatic rings. The van der Waals surface area contributed by atoms with Crippen molar-refractivity contribution in [2.75, 3.05) is 31.2 Å². The number of aliphatic carboxylic acids is 1. The molecule has 152 valence electrons. The maximum atomic E-state index is 10.9. The van der Waals surface area contributed by atoms with Crippen LogP contribution in [0.15, 0.2) is 42.5 Å². The van der Waals surface area contributed by atoms with Gasteiger partial charge in [0.1, 0.15) is 0 Å². The van der Waals surface area contributed by atoms with E-state index < -0.39 is 5.97 Å². The van der Waals surface area contributed by atoms with Crippen molar-refractivity contribution in [3.05, 3.63) is 53.6 Å². The molecule has 0 amide bonds. The lowest BCUT2D eigenvalue weighted by atomic mass is 9.96. The van der Waals surface area contributed by atoms with Crippen LogP contribution in [0.4, 0.5) is 5.69 Å². The second kappa shape index (κ2) is 10.9. The summed E-state index contributed by atoms with van der Waals surface area (Å²) in [5.74, 6) is -0.925. The molecule has 0 aliphatic carbocycles. The van der Waals surface area contributed by atoms with E-state index in [1.54, 1.807) is 0 Å². The number of ether oxygens (including phenoxy) is 1. The average Bonchev–Trinajstić information content (AvgIpc) is 2.61. The lowest BCUT2D eigenvalue weighted by Gasteiger charge is -2.39. The van der Waals surface area contributed by atoms with Gasteiger partial charge in [0.25, 0.3) is 0 Å². The van der Waals surface area contributed by atoms with Gasteiger partial charge in [-0.25, -0.2) is 0 Å². The van der Waals surface area contributed by atoms with Crippen LogP contribution < -0.4 is 4.90 Å². The van der Waals surface area contributed by atoms with Crippen molar-refractivity contribution in [1.82, 2.24) is 0 Å². The van der Waals surface area contributed by atoms with E-state index in [9.17, 15) is 4.79 Å². The topological polar surface area (TPSA) is 49.8 Å². The van der Waals surface area contributed by atoms with Gasteiger partial charge in [0.2, 0.25) is 0 Å². The SMILES string of the molecule is CCCOCCC.Cc1cccc(-c2cc(C)cc(N3CC(C(=O)O)C3)c2)c1. The van der Waals surface area contributed by atoms with Gasteiger partial charge >= 0.3 is 5.97 Å². The Labute approximate surface area is 169 Å². The van der Waals surface area contributed by atoms with E-state index in [2.05, 4.69) is 75.1 Å². The molecular weight excluding hydrogens is 350 g/mol. The molecule has 1 N–H and O–H groups in total. The third-order valence-corrected chi connectivity index (χ3v) is 4.71. The highest BCUT2D eigenvalue weighted by atomic mass is 16.5. The van der Waals surface area contributed by atoms with Crippen molar-refractivity contribution < 1.29 is 14.6 Å². The van der Waals surface area contributed by atoms with Crippen LogP contribution in [0, 0.1) is 19.8 Å². The number of anilines is 1. The second-order valence-electron chi connectivity index (χ2n) is 7.48. The van der Waals surface area contributed by atoms with Crippen molar-refractivity contribution in [1.29, 1.82) is 0 Å². The van der Waals surface area contributed by atoms with E-state index in [-0.39, 0.29) is 5.92 Å². The fourth-order valence-electron chi connectivity index (χ4n) is 3.17. The molecule has 0 aromatic heterocycles. The summed E-state index contributed by atoms with van der Waals surface area (Å²) in [5, 5.41) is 8.99. The Hall–Kier alpha value is -2.33. The van der Waals surface area contributed by atoms with E-state index >= 15 is 0 Å². The lowest BCUT2D eigenvalue weighted by molar-refractivity contribution is -0.142. The van der Waals surface area contributed by atoms with Crippen LogP contribution in [-0.4, -0.2) is 37.4 Å². The molecule has 4 nitrogen and oxygen atoms in total. The number of nitrogens with zero attached hydrogens (tertiary/aromatic N) is 1. The molecule has 0 atom stereocenters. The molecule has 1 heterocycles. The first-order valence-electron chi connectivity index (χ1n) is 10.2. The first-order valence-corrected chi connectivity index (χ1v) is 10.2. The minimum atomic E-state index is -0.696. The maximum Gasteiger partial charge on any atom is 0.310 e. The van der Waals surface area contributed by atoms with Crippen molar-refractivity contribution in [3.63, 3.8) is 0 Å². The summed E-state index contributed by atoms with van der Waals surface area (Å²) < 4.78 is 5.13. The predicted octanol–water partition coefficient (Wildman–Crippen LogP) is 5.31. The van der Waals surface area contributed by atoms with Gasteiger partial charge in [0.15, 0.2) is 0 Å². The fourth-order valence-corrected chi connectivity index (χ4v) is 3.17. The Morgan fingerprint density at radius 2 is 1.64 bits per heavy atom. The molecule has 0 radical (unpaired) electrons. The summed E-state index contributed by atoms with van der Waals surface area (Å²) in [7, 11) is 0. The maximum absolute atomic E-state index is 10.9. The number of hydrogen-bond donors (Lipinski definition) is 1. The molecule has 4 heteroatoms. The Morgan fingerprint density at radius 1 is 1.00 bits per heavy atom. The third kappa shape index (κ3) is 6.38. The Balaban J connectivity index is 0.000000345. The number of aryl methyl sites for hydroxylation is 2.